The standard InChI is InChI=1S/C13H19NO2/c1-3-11(14-4-2)7-10-5-6-12-13(8-10)16-9-15-12/h5-6,8,11,14H,3-4,7,9H2,1-2H3/i2D2,4D2. The quantitative estimate of drug-likeness (QED) is 0.834. The molecule has 0 aliphatic carbocycles. The van der Waals surface area contributed by atoms with Gasteiger partial charge in [-0.15, -0.1) is 0 Å². The van der Waals surface area contributed by atoms with Gasteiger partial charge in [-0.2, -0.15) is 0 Å². The monoisotopic (exact) mass is 225 g/mol. The Hall–Kier alpha value is -1.22. The Labute approximate surface area is 102 Å². The highest BCUT2D eigenvalue weighted by Crippen LogP contribution is 2.32. The zero-order valence-corrected chi connectivity index (χ0v) is 9.32. The molecule has 1 aromatic rings. The fraction of sp³-hybridized carbons (Fsp3) is 0.538. The van der Waals surface area contributed by atoms with Crippen molar-refractivity contribution in [2.24, 2.45) is 0 Å². The van der Waals surface area contributed by atoms with Gasteiger partial charge in [0.25, 0.3) is 0 Å². The number of rotatable bonds is 5. The van der Waals surface area contributed by atoms with Crippen LogP contribution < -0.4 is 14.8 Å². The van der Waals surface area contributed by atoms with Crippen LogP contribution in [0.15, 0.2) is 18.2 Å². The summed E-state index contributed by atoms with van der Waals surface area (Å²) in [6.45, 7) is -1.40. The van der Waals surface area contributed by atoms with E-state index >= 15 is 0 Å². The van der Waals surface area contributed by atoms with E-state index in [1.807, 2.05) is 25.1 Å². The third-order valence-electron chi connectivity index (χ3n) is 2.70. The molecule has 1 unspecified atom stereocenters. The van der Waals surface area contributed by atoms with Gasteiger partial charge < -0.3 is 14.8 Å². The van der Waals surface area contributed by atoms with Crippen LogP contribution in [-0.4, -0.2) is 19.3 Å². The molecule has 1 aliphatic heterocycles. The van der Waals surface area contributed by atoms with E-state index in [-0.39, 0.29) is 12.8 Å². The molecule has 0 saturated heterocycles. The maximum atomic E-state index is 7.64. The van der Waals surface area contributed by atoms with Gasteiger partial charge in [-0.05, 0) is 37.0 Å². The number of likely N-dealkylation sites (N-methyl/N-ethyl adjacent to an activating group) is 1. The Balaban J connectivity index is 2.03. The van der Waals surface area contributed by atoms with E-state index in [2.05, 4.69) is 5.32 Å². The van der Waals surface area contributed by atoms with Crippen LogP contribution in [0, 0.1) is 0 Å². The Morgan fingerprint density at radius 1 is 1.50 bits per heavy atom. The Kier molecular flexibility index (Phi) is 2.34. The first-order valence-electron chi connectivity index (χ1n) is 7.58. The molecule has 3 nitrogen and oxygen atoms in total. The summed E-state index contributed by atoms with van der Waals surface area (Å²) in [5.41, 5.74) is 1.01. The fourth-order valence-corrected chi connectivity index (χ4v) is 1.77. The summed E-state index contributed by atoms with van der Waals surface area (Å²) in [6.07, 6.45) is 1.32. The maximum absolute atomic E-state index is 7.64. The summed E-state index contributed by atoms with van der Waals surface area (Å²) in [5, 5.41) is 2.74. The van der Waals surface area contributed by atoms with Crippen molar-refractivity contribution < 1.29 is 15.0 Å². The van der Waals surface area contributed by atoms with Crippen molar-refractivity contribution >= 4 is 0 Å². The number of hydrogen-bond donors (Lipinski definition) is 1. The zero-order chi connectivity index (χ0) is 14.8. The third kappa shape index (κ3) is 2.47. The lowest BCUT2D eigenvalue weighted by molar-refractivity contribution is 0.174. The Morgan fingerprint density at radius 3 is 3.19 bits per heavy atom. The first-order chi connectivity index (χ1) is 9.42. The van der Waals surface area contributed by atoms with E-state index in [0.29, 0.717) is 18.6 Å². The van der Waals surface area contributed by atoms with Crippen LogP contribution >= 0.6 is 0 Å². The van der Waals surface area contributed by atoms with Crippen LogP contribution in [0.2, 0.25) is 0 Å². The molecule has 0 amide bonds. The zero-order valence-electron chi connectivity index (χ0n) is 13.3. The molecule has 2 rings (SSSR count). The van der Waals surface area contributed by atoms with Gasteiger partial charge in [-0.1, -0.05) is 19.9 Å². The molecule has 0 fully saturated rings. The highest BCUT2D eigenvalue weighted by molar-refractivity contribution is 5.44. The molecule has 88 valence electrons. The van der Waals surface area contributed by atoms with Crippen molar-refractivity contribution in [3.63, 3.8) is 0 Å². The first-order valence-corrected chi connectivity index (χ1v) is 5.43. The van der Waals surface area contributed by atoms with Crippen molar-refractivity contribution in [3.8, 4) is 11.5 Å². The van der Waals surface area contributed by atoms with Crippen LogP contribution in [0.1, 0.15) is 31.3 Å². The van der Waals surface area contributed by atoms with Crippen molar-refractivity contribution in [2.75, 3.05) is 13.3 Å². The summed E-state index contributed by atoms with van der Waals surface area (Å²) in [7, 11) is 0. The molecule has 1 heterocycles. The number of benzene rings is 1. The van der Waals surface area contributed by atoms with Crippen molar-refractivity contribution in [3.05, 3.63) is 23.8 Å². The molecule has 0 aromatic heterocycles. The van der Waals surface area contributed by atoms with E-state index in [4.69, 9.17) is 15.0 Å². The molecule has 16 heavy (non-hydrogen) atoms. The number of nitrogens with one attached hydrogen (secondary N) is 1. The fourth-order valence-electron chi connectivity index (χ4n) is 1.77. The second-order valence-corrected chi connectivity index (χ2v) is 3.79. The molecule has 0 spiro atoms. The Bertz CT molecular complexity index is 468. The highest BCUT2D eigenvalue weighted by atomic mass is 16.7. The largest absolute Gasteiger partial charge is 0.454 e. The normalized spacial score (nSPS) is 19.9. The lowest BCUT2D eigenvalue weighted by Gasteiger charge is -2.15. The molecule has 0 radical (unpaired) electrons. The van der Waals surface area contributed by atoms with Gasteiger partial charge in [0.05, 0.1) is 0 Å². The van der Waals surface area contributed by atoms with Crippen LogP contribution in [0.3, 0.4) is 0 Å². The predicted octanol–water partition coefficient (Wildman–Crippen LogP) is 2.35. The van der Waals surface area contributed by atoms with Crippen LogP contribution in [0.5, 0.6) is 11.5 Å². The Morgan fingerprint density at radius 2 is 2.38 bits per heavy atom. The van der Waals surface area contributed by atoms with E-state index in [1.165, 1.54) is 0 Å². The second kappa shape index (κ2) is 5.21. The third-order valence-corrected chi connectivity index (χ3v) is 2.70. The van der Waals surface area contributed by atoms with Gasteiger partial charge in [0.2, 0.25) is 6.79 Å². The topological polar surface area (TPSA) is 30.5 Å². The van der Waals surface area contributed by atoms with E-state index in [1.54, 1.807) is 0 Å². The summed E-state index contributed by atoms with van der Waals surface area (Å²) in [4.78, 5) is 0. The van der Waals surface area contributed by atoms with Crippen LogP contribution in [0.4, 0.5) is 0 Å². The summed E-state index contributed by atoms with van der Waals surface area (Å²) < 4.78 is 40.3. The van der Waals surface area contributed by atoms with Crippen molar-refractivity contribution in [1.29, 1.82) is 0 Å². The van der Waals surface area contributed by atoms with Gasteiger partial charge in [0.1, 0.15) is 0 Å². The molecule has 3 heteroatoms. The van der Waals surface area contributed by atoms with Gasteiger partial charge in [-0.25, -0.2) is 0 Å². The van der Waals surface area contributed by atoms with E-state index < -0.39 is 13.4 Å². The van der Waals surface area contributed by atoms with Gasteiger partial charge >= 0.3 is 0 Å². The van der Waals surface area contributed by atoms with E-state index in [9.17, 15) is 0 Å². The average molecular weight is 225 g/mol. The predicted molar refractivity (Wildman–Crippen MR) is 64.0 cm³/mol. The van der Waals surface area contributed by atoms with Gasteiger partial charge in [0.15, 0.2) is 11.5 Å². The molecular formula is C13H19NO2. The summed E-state index contributed by atoms with van der Waals surface area (Å²) in [5.74, 6) is 1.43. The number of ether oxygens (including phenoxy) is 2. The van der Waals surface area contributed by atoms with Gasteiger partial charge in [-0.3, -0.25) is 0 Å². The molecule has 1 atom stereocenters. The average Bonchev–Trinajstić information content (AvgIpc) is 2.84. The van der Waals surface area contributed by atoms with Gasteiger partial charge in [0, 0.05) is 11.5 Å². The second-order valence-electron chi connectivity index (χ2n) is 3.79. The van der Waals surface area contributed by atoms with Crippen LogP contribution in [0.25, 0.3) is 0 Å². The summed E-state index contributed by atoms with van der Waals surface area (Å²) in [6, 6.07) is 5.52. The minimum absolute atomic E-state index is 0.136. The molecular weight excluding hydrogens is 202 g/mol. The van der Waals surface area contributed by atoms with Crippen LogP contribution in [-0.2, 0) is 6.42 Å². The SMILES string of the molecule is [2H]C([2H])C([2H])([2H])NC(CC)Cc1ccc2c(c1)OCO2. The maximum Gasteiger partial charge on any atom is 0.231 e. The molecule has 1 aliphatic rings. The van der Waals surface area contributed by atoms with Crippen molar-refractivity contribution in [2.45, 2.75) is 32.7 Å². The number of fused-ring (bicyclic) bond motifs is 1. The smallest absolute Gasteiger partial charge is 0.231 e. The molecule has 0 saturated carbocycles. The lowest BCUT2D eigenvalue weighted by Crippen LogP contribution is -2.30. The lowest BCUT2D eigenvalue weighted by atomic mass is 10.0. The first kappa shape index (κ1) is 7.17. The minimum atomic E-state index is -2.02. The molecule has 1 N–H and O–H groups in total. The highest BCUT2D eigenvalue weighted by Gasteiger charge is 2.14. The summed E-state index contributed by atoms with van der Waals surface area (Å²) >= 11 is 0. The van der Waals surface area contributed by atoms with Crippen molar-refractivity contribution in [1.82, 2.24) is 5.32 Å². The molecule has 1 aromatic carbocycles. The number of hydrogen-bond acceptors (Lipinski definition) is 3. The van der Waals surface area contributed by atoms with E-state index in [0.717, 1.165) is 11.3 Å². The minimum Gasteiger partial charge on any atom is -0.454 e. The molecule has 0 bridgehead atoms.